The first-order valence-corrected chi connectivity index (χ1v) is 9.60. The number of rotatable bonds is 4. The Labute approximate surface area is 165 Å². The van der Waals surface area contributed by atoms with Crippen LogP contribution in [0.4, 0.5) is 16.2 Å². The summed E-state index contributed by atoms with van der Waals surface area (Å²) < 4.78 is 5.20. The van der Waals surface area contributed by atoms with E-state index >= 15 is 0 Å². The fourth-order valence-electron chi connectivity index (χ4n) is 3.17. The van der Waals surface area contributed by atoms with E-state index < -0.39 is 0 Å². The van der Waals surface area contributed by atoms with Crippen LogP contribution in [0.2, 0.25) is 5.02 Å². The number of halogens is 1. The third kappa shape index (κ3) is 4.66. The zero-order valence-electron chi connectivity index (χ0n) is 16.0. The van der Waals surface area contributed by atoms with Crippen LogP contribution in [0.25, 0.3) is 0 Å². The van der Waals surface area contributed by atoms with Crippen molar-refractivity contribution in [2.24, 2.45) is 0 Å². The predicted octanol–water partition coefficient (Wildman–Crippen LogP) is 4.83. The van der Waals surface area contributed by atoms with Gasteiger partial charge in [-0.15, -0.1) is 0 Å². The maximum atomic E-state index is 12.5. The monoisotopic (exact) mass is 387 g/mol. The summed E-state index contributed by atoms with van der Waals surface area (Å²) in [5.74, 6) is 1.15. The number of amides is 2. The third-order valence-corrected chi connectivity index (χ3v) is 5.19. The number of nitrogens with one attached hydrogen (secondary N) is 1. The Kier molecular flexibility index (Phi) is 6.11. The molecule has 0 saturated carbocycles. The van der Waals surface area contributed by atoms with E-state index in [0.29, 0.717) is 29.8 Å². The first kappa shape index (κ1) is 19.4. The number of methoxy groups -OCH3 is 1. The molecular formula is C21H26ClN3O2. The van der Waals surface area contributed by atoms with Crippen LogP contribution < -0.4 is 15.0 Å². The van der Waals surface area contributed by atoms with Gasteiger partial charge in [0.2, 0.25) is 0 Å². The second-order valence-electron chi connectivity index (χ2n) is 7.00. The van der Waals surface area contributed by atoms with Gasteiger partial charge in [0, 0.05) is 37.6 Å². The summed E-state index contributed by atoms with van der Waals surface area (Å²) in [7, 11) is 1.61. The molecule has 2 amide bonds. The zero-order valence-corrected chi connectivity index (χ0v) is 16.8. The second kappa shape index (κ2) is 8.53. The predicted molar refractivity (Wildman–Crippen MR) is 111 cm³/mol. The Morgan fingerprint density at radius 2 is 1.74 bits per heavy atom. The van der Waals surface area contributed by atoms with Gasteiger partial charge in [0.15, 0.2) is 0 Å². The highest BCUT2D eigenvalue weighted by molar-refractivity contribution is 6.32. The molecule has 1 heterocycles. The second-order valence-corrected chi connectivity index (χ2v) is 7.41. The number of hydrogen-bond acceptors (Lipinski definition) is 3. The van der Waals surface area contributed by atoms with E-state index in [4.69, 9.17) is 16.3 Å². The van der Waals surface area contributed by atoms with E-state index in [1.165, 1.54) is 5.56 Å². The highest BCUT2D eigenvalue weighted by atomic mass is 35.5. The van der Waals surface area contributed by atoms with E-state index in [1.807, 2.05) is 35.2 Å². The molecule has 5 nitrogen and oxygen atoms in total. The maximum absolute atomic E-state index is 12.5. The summed E-state index contributed by atoms with van der Waals surface area (Å²) in [6.07, 6.45) is 0. The topological polar surface area (TPSA) is 44.8 Å². The van der Waals surface area contributed by atoms with Crippen molar-refractivity contribution in [3.63, 3.8) is 0 Å². The summed E-state index contributed by atoms with van der Waals surface area (Å²) in [6.45, 7) is 7.18. The van der Waals surface area contributed by atoms with Crippen molar-refractivity contribution in [2.45, 2.75) is 19.8 Å². The number of nitrogens with zero attached hydrogens (tertiary/aromatic N) is 2. The SMILES string of the molecule is COc1ccc(N2CCN(C(=O)Nc3ccc(C(C)C)cc3)CC2)cc1Cl. The molecule has 1 saturated heterocycles. The van der Waals surface area contributed by atoms with Gasteiger partial charge in [0.25, 0.3) is 0 Å². The lowest BCUT2D eigenvalue weighted by Crippen LogP contribution is -2.50. The van der Waals surface area contributed by atoms with Crippen LogP contribution >= 0.6 is 11.6 Å². The molecular weight excluding hydrogens is 362 g/mol. The maximum Gasteiger partial charge on any atom is 0.321 e. The largest absolute Gasteiger partial charge is 0.495 e. The fraction of sp³-hybridized carbons (Fsp3) is 0.381. The molecule has 2 aromatic rings. The number of benzene rings is 2. The van der Waals surface area contributed by atoms with Gasteiger partial charge in [0.05, 0.1) is 12.1 Å². The Balaban J connectivity index is 1.55. The van der Waals surface area contributed by atoms with E-state index in [1.54, 1.807) is 7.11 Å². The first-order valence-electron chi connectivity index (χ1n) is 9.22. The van der Waals surface area contributed by atoms with Crippen molar-refractivity contribution in [3.8, 4) is 5.75 Å². The number of carbonyl (C=O) groups excluding carboxylic acids is 1. The van der Waals surface area contributed by atoms with Crippen molar-refractivity contribution < 1.29 is 9.53 Å². The minimum absolute atomic E-state index is 0.0558. The van der Waals surface area contributed by atoms with Crippen LogP contribution in [0.15, 0.2) is 42.5 Å². The lowest BCUT2D eigenvalue weighted by molar-refractivity contribution is 0.208. The summed E-state index contributed by atoms with van der Waals surface area (Å²) in [5.41, 5.74) is 3.14. The molecule has 0 unspecified atom stereocenters. The van der Waals surface area contributed by atoms with Crippen molar-refractivity contribution in [1.29, 1.82) is 0 Å². The molecule has 0 bridgehead atoms. The number of hydrogen-bond donors (Lipinski definition) is 1. The van der Waals surface area contributed by atoms with Gasteiger partial charge in [0.1, 0.15) is 5.75 Å². The van der Waals surface area contributed by atoms with Crippen molar-refractivity contribution in [2.75, 3.05) is 43.5 Å². The average Bonchev–Trinajstić information content (AvgIpc) is 2.68. The van der Waals surface area contributed by atoms with Crippen LogP contribution in [0.1, 0.15) is 25.3 Å². The van der Waals surface area contributed by atoms with Gasteiger partial charge in [-0.25, -0.2) is 4.79 Å². The van der Waals surface area contributed by atoms with Crippen LogP contribution in [0, 0.1) is 0 Å². The molecule has 0 aliphatic carbocycles. The minimum atomic E-state index is -0.0558. The number of piperazine rings is 1. The van der Waals surface area contributed by atoms with Crippen LogP contribution in [-0.2, 0) is 0 Å². The fourth-order valence-corrected chi connectivity index (χ4v) is 3.43. The Bertz CT molecular complexity index is 785. The molecule has 27 heavy (non-hydrogen) atoms. The van der Waals surface area contributed by atoms with Crippen molar-refractivity contribution in [3.05, 3.63) is 53.1 Å². The Morgan fingerprint density at radius 3 is 2.30 bits per heavy atom. The average molecular weight is 388 g/mol. The molecule has 0 spiro atoms. The smallest absolute Gasteiger partial charge is 0.321 e. The Morgan fingerprint density at radius 1 is 1.07 bits per heavy atom. The van der Waals surface area contributed by atoms with Gasteiger partial charge in [-0.1, -0.05) is 37.6 Å². The summed E-state index contributed by atoms with van der Waals surface area (Å²) in [5, 5.41) is 3.58. The van der Waals surface area contributed by atoms with Crippen molar-refractivity contribution in [1.82, 2.24) is 4.90 Å². The van der Waals surface area contributed by atoms with Crippen LogP contribution in [0.5, 0.6) is 5.75 Å². The third-order valence-electron chi connectivity index (χ3n) is 4.90. The minimum Gasteiger partial charge on any atom is -0.495 e. The van der Waals surface area contributed by atoms with Gasteiger partial charge in [-0.05, 0) is 41.8 Å². The molecule has 1 N–H and O–H groups in total. The number of carbonyl (C=O) groups is 1. The molecule has 1 aliphatic rings. The normalized spacial score (nSPS) is 14.4. The molecule has 0 radical (unpaired) electrons. The zero-order chi connectivity index (χ0) is 19.4. The van der Waals surface area contributed by atoms with Crippen LogP contribution in [-0.4, -0.2) is 44.2 Å². The Hall–Kier alpha value is -2.40. The highest BCUT2D eigenvalue weighted by Gasteiger charge is 2.22. The summed E-state index contributed by atoms with van der Waals surface area (Å²) >= 11 is 6.22. The van der Waals surface area contributed by atoms with E-state index in [-0.39, 0.29) is 6.03 Å². The number of ether oxygens (including phenoxy) is 1. The molecule has 144 valence electrons. The van der Waals surface area contributed by atoms with Crippen molar-refractivity contribution >= 4 is 29.0 Å². The van der Waals surface area contributed by atoms with E-state index in [2.05, 4.69) is 36.2 Å². The van der Waals surface area contributed by atoms with Gasteiger partial charge < -0.3 is 19.9 Å². The molecule has 1 fully saturated rings. The van der Waals surface area contributed by atoms with Crippen LogP contribution in [0.3, 0.4) is 0 Å². The van der Waals surface area contributed by atoms with Gasteiger partial charge in [-0.3, -0.25) is 0 Å². The standard InChI is InChI=1S/C21H26ClN3O2/c1-15(2)16-4-6-17(7-5-16)23-21(26)25-12-10-24(11-13-25)18-8-9-20(27-3)19(22)14-18/h4-9,14-15H,10-13H2,1-3H3,(H,23,26). The molecule has 2 aromatic carbocycles. The number of urea groups is 1. The summed E-state index contributed by atoms with van der Waals surface area (Å²) in [6, 6.07) is 13.8. The molecule has 0 aromatic heterocycles. The molecule has 6 heteroatoms. The van der Waals surface area contributed by atoms with E-state index in [9.17, 15) is 4.79 Å². The quantitative estimate of drug-likeness (QED) is 0.817. The lowest BCUT2D eigenvalue weighted by atomic mass is 10.0. The van der Waals surface area contributed by atoms with Gasteiger partial charge in [-0.2, -0.15) is 0 Å². The van der Waals surface area contributed by atoms with E-state index in [0.717, 1.165) is 24.5 Å². The molecule has 0 atom stereocenters. The molecule has 3 rings (SSSR count). The summed E-state index contributed by atoms with van der Waals surface area (Å²) in [4.78, 5) is 16.6. The highest BCUT2D eigenvalue weighted by Crippen LogP contribution is 2.29. The number of anilines is 2. The van der Waals surface area contributed by atoms with Gasteiger partial charge >= 0.3 is 6.03 Å². The lowest BCUT2D eigenvalue weighted by Gasteiger charge is -2.36. The molecule has 1 aliphatic heterocycles. The first-order chi connectivity index (χ1) is 13.0.